The van der Waals surface area contributed by atoms with Gasteiger partial charge in [0, 0.05) is 11.9 Å². The van der Waals surface area contributed by atoms with Gasteiger partial charge in [-0.1, -0.05) is 97.1 Å². The molecule has 1 aromatic carbocycles. The molecule has 0 aliphatic carbocycles. The molecule has 34 heavy (non-hydrogen) atoms. The maximum atomic E-state index is 4.50. The highest BCUT2D eigenvalue weighted by Gasteiger charge is 2.00. The van der Waals surface area contributed by atoms with Crippen LogP contribution in [0.25, 0.3) is 0 Å². The first-order valence-electron chi connectivity index (χ1n) is 12.3. The molecule has 0 heterocycles. The Hall–Kier alpha value is -3.05. The summed E-state index contributed by atoms with van der Waals surface area (Å²) in [6.45, 7) is 28.4. The molecule has 0 atom stereocenters. The highest BCUT2D eigenvalue weighted by molar-refractivity contribution is 6.00. The van der Waals surface area contributed by atoms with Crippen molar-refractivity contribution in [3.8, 4) is 12.8 Å². The Balaban J connectivity index is -0.000000314. The van der Waals surface area contributed by atoms with Crippen molar-refractivity contribution in [3.63, 3.8) is 0 Å². The monoisotopic (exact) mass is 464 g/mol. The molecule has 1 rings (SSSR count). The zero-order chi connectivity index (χ0) is 27.4. The Morgan fingerprint density at radius 2 is 1.56 bits per heavy atom. The molecule has 0 unspecified atom stereocenters. The summed E-state index contributed by atoms with van der Waals surface area (Å²) in [6.07, 6.45) is 21.5. The predicted octanol–water partition coefficient (Wildman–Crippen LogP) is 10.5. The zero-order valence-corrected chi connectivity index (χ0v) is 23.8. The number of terminal acetylenes is 1. The minimum atomic E-state index is 0.800. The molecule has 2 heteroatoms. The van der Waals surface area contributed by atoms with Crippen molar-refractivity contribution in [3.05, 3.63) is 90.3 Å². The highest BCUT2D eigenvalue weighted by Crippen LogP contribution is 2.14. The number of hydrogen-bond acceptors (Lipinski definition) is 2. The van der Waals surface area contributed by atoms with Gasteiger partial charge in [0.2, 0.25) is 0 Å². The van der Waals surface area contributed by atoms with Gasteiger partial charge < -0.3 is 5.32 Å². The number of benzene rings is 1. The van der Waals surface area contributed by atoms with E-state index >= 15 is 0 Å². The number of anilines is 1. The highest BCUT2D eigenvalue weighted by atomic mass is 14.9. The molecule has 0 aromatic heterocycles. The molecule has 2 nitrogen and oxygen atoms in total. The molecule has 0 aliphatic rings. The fourth-order valence-electron chi connectivity index (χ4n) is 1.96. The molecule has 0 aliphatic heterocycles. The first-order valence-corrected chi connectivity index (χ1v) is 12.3. The number of nitrogens with zero attached hydrogens (tertiary/aromatic N) is 1. The van der Waals surface area contributed by atoms with Gasteiger partial charge in [0.15, 0.2) is 0 Å². The van der Waals surface area contributed by atoms with E-state index in [2.05, 4.69) is 82.2 Å². The van der Waals surface area contributed by atoms with Crippen LogP contribution in [0.3, 0.4) is 0 Å². The van der Waals surface area contributed by atoms with Crippen molar-refractivity contribution < 1.29 is 0 Å². The van der Waals surface area contributed by atoms with Crippen molar-refractivity contribution in [1.29, 1.82) is 0 Å². The lowest BCUT2D eigenvalue weighted by Crippen LogP contribution is -2.06. The molecule has 190 valence electrons. The maximum absolute atomic E-state index is 4.50. The predicted molar refractivity (Wildman–Crippen MR) is 162 cm³/mol. The van der Waals surface area contributed by atoms with Crippen LogP contribution in [0.5, 0.6) is 0 Å². The summed E-state index contributed by atoms with van der Waals surface area (Å²) < 4.78 is 0. The van der Waals surface area contributed by atoms with Crippen LogP contribution in [0.4, 0.5) is 5.69 Å². The molecule has 0 bridgehead atoms. The Morgan fingerprint density at radius 3 is 1.94 bits per heavy atom. The van der Waals surface area contributed by atoms with Crippen molar-refractivity contribution in [1.82, 2.24) is 0 Å². The standard InChI is InChI=1S/C20H26N2.C4H10.C4H8.C2H6.C2H2/c1-7-10-19(8-2)16(4)14-21-17(5)18(6)22-20-12-9-11-15(3)13-20;2*1-3-4-2;2*1-2/h8-14,22H,2,6-7H2,1,3-5H3;3-4H2,1-2H3;3-4H,1-2H3;1-2H3;1-2H/b16-14+,19-10+,21-17?;;4-3-;;. The molecule has 0 amide bonds. The Bertz CT molecular complexity index is 765. The van der Waals surface area contributed by atoms with Crippen LogP contribution in [0.2, 0.25) is 0 Å². The van der Waals surface area contributed by atoms with Gasteiger partial charge in [0.25, 0.3) is 0 Å². The number of hydrogen-bond donors (Lipinski definition) is 1. The minimum Gasteiger partial charge on any atom is -0.355 e. The number of aliphatic imine (C=N–C) groups is 1. The number of allylic oxidation sites excluding steroid dienone is 7. The summed E-state index contributed by atoms with van der Waals surface area (Å²) in [6, 6.07) is 8.19. The fourth-order valence-corrected chi connectivity index (χ4v) is 1.96. The molecule has 0 saturated heterocycles. The van der Waals surface area contributed by atoms with Gasteiger partial charge in [-0.15, -0.1) is 12.8 Å². The van der Waals surface area contributed by atoms with E-state index in [4.69, 9.17) is 0 Å². The zero-order valence-electron chi connectivity index (χ0n) is 23.8. The van der Waals surface area contributed by atoms with Crippen molar-refractivity contribution >= 4 is 11.4 Å². The smallest absolute Gasteiger partial charge is 0.0601 e. The second kappa shape index (κ2) is 29.9. The summed E-state index contributed by atoms with van der Waals surface area (Å²) in [5.74, 6) is 0. The van der Waals surface area contributed by atoms with Gasteiger partial charge in [0.05, 0.1) is 11.4 Å². The van der Waals surface area contributed by atoms with E-state index in [1.54, 1.807) is 0 Å². The van der Waals surface area contributed by atoms with Crippen LogP contribution < -0.4 is 5.32 Å². The van der Waals surface area contributed by atoms with Gasteiger partial charge >= 0.3 is 0 Å². The van der Waals surface area contributed by atoms with Crippen LogP contribution in [0.1, 0.15) is 87.1 Å². The normalized spacial score (nSPS) is 10.6. The number of aryl methyl sites for hydroxylation is 1. The van der Waals surface area contributed by atoms with Crippen molar-refractivity contribution in [2.75, 3.05) is 5.32 Å². The molecule has 0 radical (unpaired) electrons. The summed E-state index contributed by atoms with van der Waals surface area (Å²) in [4.78, 5) is 4.50. The minimum absolute atomic E-state index is 0.800. The van der Waals surface area contributed by atoms with Crippen LogP contribution >= 0.6 is 0 Å². The van der Waals surface area contributed by atoms with Gasteiger partial charge in [-0.05, 0) is 69.9 Å². The third-order valence-corrected chi connectivity index (χ3v) is 4.13. The molecule has 0 saturated carbocycles. The lowest BCUT2D eigenvalue weighted by molar-refractivity contribution is 0.886. The van der Waals surface area contributed by atoms with E-state index in [0.29, 0.717) is 0 Å². The Morgan fingerprint density at radius 1 is 1.03 bits per heavy atom. The fraction of sp³-hybridized carbons (Fsp3) is 0.406. The van der Waals surface area contributed by atoms with E-state index in [0.717, 1.165) is 34.7 Å². The van der Waals surface area contributed by atoms with Crippen LogP contribution in [0.15, 0.2) is 89.8 Å². The van der Waals surface area contributed by atoms with Crippen LogP contribution in [-0.2, 0) is 0 Å². The van der Waals surface area contributed by atoms with Gasteiger partial charge in [-0.2, -0.15) is 0 Å². The topological polar surface area (TPSA) is 24.4 Å². The SMILES string of the molecule is C#C.C/C=C\C.C=CC(=C\CC)/C(C)=C/N=C(C)C(=C)Nc1cccc(C)c1.CC.CCCC. The number of unbranched alkanes of at least 4 members (excludes halogenated alkanes) is 1. The lowest BCUT2D eigenvalue weighted by Gasteiger charge is -2.09. The van der Waals surface area contributed by atoms with E-state index < -0.39 is 0 Å². The largest absolute Gasteiger partial charge is 0.355 e. The second-order valence-corrected chi connectivity index (χ2v) is 6.94. The molecular formula is C32H52N2. The number of nitrogens with one attached hydrogen (secondary N) is 1. The Kier molecular flexibility index (Phi) is 33.7. The van der Waals surface area contributed by atoms with Crippen LogP contribution in [0, 0.1) is 19.8 Å². The molecule has 1 aromatic rings. The summed E-state index contributed by atoms with van der Waals surface area (Å²) >= 11 is 0. The average molecular weight is 465 g/mol. The van der Waals surface area contributed by atoms with Crippen LogP contribution in [-0.4, -0.2) is 5.71 Å². The second-order valence-electron chi connectivity index (χ2n) is 6.94. The van der Waals surface area contributed by atoms with E-state index in [1.807, 2.05) is 78.1 Å². The van der Waals surface area contributed by atoms with Crippen molar-refractivity contribution in [2.45, 2.75) is 88.5 Å². The molecule has 0 spiro atoms. The van der Waals surface area contributed by atoms with Gasteiger partial charge in [-0.3, -0.25) is 4.99 Å². The summed E-state index contributed by atoms with van der Waals surface area (Å²) in [5, 5.41) is 3.29. The van der Waals surface area contributed by atoms with Gasteiger partial charge in [0.1, 0.15) is 0 Å². The molecule has 0 fully saturated rings. The van der Waals surface area contributed by atoms with E-state index in [1.165, 1.54) is 18.4 Å². The quantitative estimate of drug-likeness (QED) is 0.176. The third-order valence-electron chi connectivity index (χ3n) is 4.13. The lowest BCUT2D eigenvalue weighted by atomic mass is 10.1. The summed E-state index contributed by atoms with van der Waals surface area (Å²) in [7, 11) is 0. The third kappa shape index (κ3) is 23.6. The first kappa shape index (κ1) is 38.2. The Labute approximate surface area is 213 Å². The van der Waals surface area contributed by atoms with E-state index in [9.17, 15) is 0 Å². The summed E-state index contributed by atoms with van der Waals surface area (Å²) in [5.41, 5.74) is 6.12. The van der Waals surface area contributed by atoms with E-state index in [-0.39, 0.29) is 0 Å². The average Bonchev–Trinajstić information content (AvgIpc) is 2.88. The first-order chi connectivity index (χ1) is 16.3. The van der Waals surface area contributed by atoms with Crippen molar-refractivity contribution in [2.24, 2.45) is 4.99 Å². The van der Waals surface area contributed by atoms with Gasteiger partial charge in [-0.25, -0.2) is 0 Å². The number of rotatable bonds is 8. The molecule has 1 N–H and O–H groups in total. The molecular weight excluding hydrogens is 412 g/mol. The maximum Gasteiger partial charge on any atom is 0.0601 e.